The molecule has 3 N–H and O–H groups in total. The Morgan fingerprint density at radius 3 is 2.50 bits per heavy atom. The van der Waals surface area contributed by atoms with Crippen molar-refractivity contribution >= 4 is 22.1 Å². The summed E-state index contributed by atoms with van der Waals surface area (Å²) in [5.41, 5.74) is 0. The molecule has 9 heteroatoms. The van der Waals surface area contributed by atoms with Crippen LogP contribution in [0.4, 0.5) is 0 Å². The van der Waals surface area contributed by atoms with Gasteiger partial charge in [0, 0.05) is 12.5 Å². The van der Waals surface area contributed by atoms with Gasteiger partial charge in [-0.05, 0) is 19.3 Å². The quantitative estimate of drug-likeness (QED) is 0.489. The molecule has 1 aliphatic rings. The van der Waals surface area contributed by atoms with E-state index in [9.17, 15) is 18.0 Å². The molecule has 0 spiro atoms. The van der Waals surface area contributed by atoms with Crippen molar-refractivity contribution < 1.29 is 27.9 Å². The lowest BCUT2D eigenvalue weighted by Crippen LogP contribution is -2.47. The van der Waals surface area contributed by atoms with Gasteiger partial charge in [0.2, 0.25) is 0 Å². The summed E-state index contributed by atoms with van der Waals surface area (Å²) >= 11 is 0. The van der Waals surface area contributed by atoms with E-state index in [0.717, 1.165) is 12.8 Å². The van der Waals surface area contributed by atoms with Crippen molar-refractivity contribution in [1.82, 2.24) is 9.44 Å². The topological polar surface area (TPSA) is 122 Å². The van der Waals surface area contributed by atoms with Crippen LogP contribution in [0.25, 0.3) is 0 Å². The van der Waals surface area contributed by atoms with Crippen molar-refractivity contribution in [3.05, 3.63) is 0 Å². The number of carbonyl (C=O) groups is 2. The van der Waals surface area contributed by atoms with Crippen LogP contribution in [-0.4, -0.2) is 44.7 Å². The number of aliphatic carboxylic acids is 1. The van der Waals surface area contributed by atoms with Gasteiger partial charge in [0.05, 0.1) is 7.11 Å². The zero-order chi connectivity index (χ0) is 13.8. The molecule has 1 rings (SSSR count). The van der Waals surface area contributed by atoms with E-state index in [4.69, 9.17) is 5.11 Å². The van der Waals surface area contributed by atoms with E-state index in [1.165, 1.54) is 7.11 Å². The van der Waals surface area contributed by atoms with Gasteiger partial charge < -0.3 is 9.84 Å². The molecule has 104 valence electrons. The summed E-state index contributed by atoms with van der Waals surface area (Å²) in [5.74, 6) is -1.92. The first kappa shape index (κ1) is 14.9. The van der Waals surface area contributed by atoms with E-state index in [1.54, 1.807) is 0 Å². The number of methoxy groups -OCH3 is 1. The second-order valence-electron chi connectivity index (χ2n) is 4.02. The van der Waals surface area contributed by atoms with Crippen LogP contribution in [0.15, 0.2) is 0 Å². The van der Waals surface area contributed by atoms with Crippen LogP contribution in [0, 0.1) is 0 Å². The molecule has 0 aromatic rings. The minimum absolute atomic E-state index is 0.113. The number of nitrogens with one attached hydrogen (secondary N) is 2. The predicted octanol–water partition coefficient (Wildman–Crippen LogP) is -1.02. The SMILES string of the molecule is COC(=O)CC[C@H](NS(=O)(=O)NC1CC1)C(=O)O. The van der Waals surface area contributed by atoms with Crippen LogP contribution >= 0.6 is 0 Å². The molecule has 0 aliphatic heterocycles. The molecule has 1 fully saturated rings. The van der Waals surface area contributed by atoms with Crippen molar-refractivity contribution in [1.29, 1.82) is 0 Å². The van der Waals surface area contributed by atoms with E-state index < -0.39 is 28.2 Å². The maximum absolute atomic E-state index is 11.5. The number of esters is 1. The predicted molar refractivity (Wildman–Crippen MR) is 60.9 cm³/mol. The monoisotopic (exact) mass is 280 g/mol. The average Bonchev–Trinajstić information content (AvgIpc) is 3.06. The lowest BCUT2D eigenvalue weighted by molar-refractivity contribution is -0.142. The normalized spacial score (nSPS) is 17.2. The van der Waals surface area contributed by atoms with E-state index in [2.05, 4.69) is 9.46 Å². The molecular formula is C9H16N2O6S. The molecule has 0 aromatic carbocycles. The molecule has 0 heterocycles. The van der Waals surface area contributed by atoms with Crippen LogP contribution in [-0.2, 0) is 24.5 Å². The fourth-order valence-electron chi connectivity index (χ4n) is 1.24. The minimum atomic E-state index is -3.85. The Morgan fingerprint density at radius 1 is 1.44 bits per heavy atom. The standard InChI is InChI=1S/C9H16N2O6S/c1-17-8(12)5-4-7(9(13)14)11-18(15,16)10-6-2-3-6/h6-7,10-11H,2-5H2,1H3,(H,13,14)/t7-/m0/s1. The molecule has 1 saturated carbocycles. The van der Waals surface area contributed by atoms with Crippen LogP contribution < -0.4 is 9.44 Å². The van der Waals surface area contributed by atoms with Crippen molar-refractivity contribution in [3.8, 4) is 0 Å². The summed E-state index contributed by atoms with van der Waals surface area (Å²) in [4.78, 5) is 21.8. The lowest BCUT2D eigenvalue weighted by Gasteiger charge is -2.14. The van der Waals surface area contributed by atoms with Gasteiger partial charge in [-0.2, -0.15) is 17.9 Å². The van der Waals surface area contributed by atoms with Gasteiger partial charge in [-0.25, -0.2) is 0 Å². The number of carboxylic acids is 1. The molecule has 18 heavy (non-hydrogen) atoms. The Bertz CT molecular complexity index is 417. The van der Waals surface area contributed by atoms with E-state index in [-0.39, 0.29) is 18.9 Å². The van der Waals surface area contributed by atoms with Gasteiger partial charge >= 0.3 is 11.9 Å². The van der Waals surface area contributed by atoms with Crippen molar-refractivity contribution in [2.75, 3.05) is 7.11 Å². The largest absolute Gasteiger partial charge is 0.480 e. The third-order valence-corrected chi connectivity index (χ3v) is 3.60. The number of hydrogen-bond acceptors (Lipinski definition) is 5. The Hall–Kier alpha value is -1.19. The summed E-state index contributed by atoms with van der Waals surface area (Å²) in [5, 5.41) is 8.87. The highest BCUT2D eigenvalue weighted by Crippen LogP contribution is 2.19. The van der Waals surface area contributed by atoms with Crippen LogP contribution in [0.5, 0.6) is 0 Å². The highest BCUT2D eigenvalue weighted by atomic mass is 32.2. The molecule has 0 saturated heterocycles. The number of ether oxygens (including phenoxy) is 1. The first-order chi connectivity index (χ1) is 8.34. The first-order valence-electron chi connectivity index (χ1n) is 5.43. The number of carboxylic acid groups (broad SMARTS) is 1. The van der Waals surface area contributed by atoms with Gasteiger partial charge in [-0.1, -0.05) is 0 Å². The second-order valence-corrected chi connectivity index (χ2v) is 5.50. The molecule has 0 bridgehead atoms. The Morgan fingerprint density at radius 2 is 2.06 bits per heavy atom. The summed E-state index contributed by atoms with van der Waals surface area (Å²) in [6, 6.07) is -1.46. The zero-order valence-electron chi connectivity index (χ0n) is 9.88. The number of rotatable bonds is 8. The Balaban J connectivity index is 2.50. The van der Waals surface area contributed by atoms with Crippen molar-refractivity contribution in [2.24, 2.45) is 0 Å². The fourth-order valence-corrected chi connectivity index (χ4v) is 2.57. The van der Waals surface area contributed by atoms with Crippen molar-refractivity contribution in [3.63, 3.8) is 0 Å². The third-order valence-electron chi connectivity index (χ3n) is 2.36. The lowest BCUT2D eigenvalue weighted by atomic mass is 10.2. The Labute approximate surface area is 105 Å². The summed E-state index contributed by atoms with van der Waals surface area (Å²) in [7, 11) is -2.67. The first-order valence-corrected chi connectivity index (χ1v) is 6.91. The molecule has 1 aliphatic carbocycles. The molecule has 0 radical (unpaired) electrons. The summed E-state index contributed by atoms with van der Waals surface area (Å²) in [6.07, 6.45) is 1.18. The van der Waals surface area contributed by atoms with Gasteiger partial charge in [0.25, 0.3) is 10.2 Å². The maximum atomic E-state index is 11.5. The highest BCUT2D eigenvalue weighted by Gasteiger charge is 2.30. The van der Waals surface area contributed by atoms with Gasteiger partial charge in [0.15, 0.2) is 0 Å². The Kier molecular flexibility index (Phi) is 5.05. The fraction of sp³-hybridized carbons (Fsp3) is 0.778. The number of hydrogen-bond donors (Lipinski definition) is 3. The third kappa shape index (κ3) is 5.43. The van der Waals surface area contributed by atoms with E-state index >= 15 is 0 Å². The second kappa shape index (κ2) is 6.12. The average molecular weight is 280 g/mol. The van der Waals surface area contributed by atoms with Gasteiger partial charge in [0.1, 0.15) is 6.04 Å². The molecule has 0 aromatic heterocycles. The molecule has 0 amide bonds. The zero-order valence-corrected chi connectivity index (χ0v) is 10.7. The van der Waals surface area contributed by atoms with E-state index in [1.807, 2.05) is 4.72 Å². The maximum Gasteiger partial charge on any atom is 0.321 e. The highest BCUT2D eigenvalue weighted by molar-refractivity contribution is 7.87. The molecule has 1 atom stereocenters. The van der Waals surface area contributed by atoms with Crippen LogP contribution in [0.1, 0.15) is 25.7 Å². The summed E-state index contributed by atoms with van der Waals surface area (Å²) < 4.78 is 31.7. The van der Waals surface area contributed by atoms with Crippen LogP contribution in [0.2, 0.25) is 0 Å². The molecule has 8 nitrogen and oxygen atoms in total. The van der Waals surface area contributed by atoms with Gasteiger partial charge in [-0.15, -0.1) is 0 Å². The molecule has 0 unspecified atom stereocenters. The van der Waals surface area contributed by atoms with Crippen LogP contribution in [0.3, 0.4) is 0 Å². The van der Waals surface area contributed by atoms with E-state index in [0.29, 0.717) is 0 Å². The molecular weight excluding hydrogens is 264 g/mol. The number of carbonyl (C=O) groups excluding carboxylic acids is 1. The smallest absolute Gasteiger partial charge is 0.321 e. The summed E-state index contributed by atoms with van der Waals surface area (Å²) in [6.45, 7) is 0. The minimum Gasteiger partial charge on any atom is -0.480 e. The van der Waals surface area contributed by atoms with Gasteiger partial charge in [-0.3, -0.25) is 9.59 Å². The van der Waals surface area contributed by atoms with Crippen molar-refractivity contribution in [2.45, 2.75) is 37.8 Å².